The molecule has 1 fully saturated rings. The molecule has 0 aromatic heterocycles. The zero-order valence-electron chi connectivity index (χ0n) is 17.1. The molecule has 7 heteroatoms. The van der Waals surface area contributed by atoms with E-state index in [1.54, 1.807) is 18.2 Å². The predicted molar refractivity (Wildman–Crippen MR) is 114 cm³/mol. The molecule has 0 spiro atoms. The van der Waals surface area contributed by atoms with Gasteiger partial charge in [0.2, 0.25) is 11.8 Å². The molecule has 2 aromatic carbocycles. The van der Waals surface area contributed by atoms with E-state index in [0.717, 1.165) is 44.0 Å². The Hall–Kier alpha value is -2.90. The van der Waals surface area contributed by atoms with Crippen LogP contribution in [0, 0.1) is 0 Å². The van der Waals surface area contributed by atoms with Crippen molar-refractivity contribution in [2.75, 3.05) is 39.4 Å². The van der Waals surface area contributed by atoms with Crippen LogP contribution in [-0.2, 0) is 22.6 Å². The second kappa shape index (κ2) is 11.3. The largest absolute Gasteiger partial charge is 0.489 e. The molecule has 0 aliphatic carbocycles. The highest BCUT2D eigenvalue weighted by Gasteiger charge is 2.13. The average Bonchev–Trinajstić information content (AvgIpc) is 2.78. The van der Waals surface area contributed by atoms with Crippen LogP contribution in [-0.4, -0.2) is 56.1 Å². The Kier molecular flexibility index (Phi) is 8.23. The normalized spacial score (nSPS) is 14.3. The summed E-state index contributed by atoms with van der Waals surface area (Å²) in [6.07, 6.45) is 0.744. The standard InChI is InChI=1S/C23H29N3O4/c24-23(28)21-16-20(30-17-18-4-2-1-3-5-18)8-6-19(21)7-9-22(27)25-10-11-26-12-14-29-15-13-26/h1-6,8,16H,7,9-15,17H2,(H2,24,28)(H,25,27). The molecule has 2 amide bonds. The minimum atomic E-state index is -0.525. The van der Waals surface area contributed by atoms with Crippen LogP contribution in [0.1, 0.15) is 27.9 Å². The molecule has 0 radical (unpaired) electrons. The number of hydrogen-bond donors (Lipinski definition) is 2. The number of hydrogen-bond acceptors (Lipinski definition) is 5. The van der Waals surface area contributed by atoms with Gasteiger partial charge in [0.15, 0.2) is 0 Å². The van der Waals surface area contributed by atoms with Crippen LogP contribution in [0.25, 0.3) is 0 Å². The summed E-state index contributed by atoms with van der Waals surface area (Å²) in [5.41, 5.74) is 7.73. The average molecular weight is 412 g/mol. The maximum absolute atomic E-state index is 12.2. The molecule has 2 aromatic rings. The molecule has 1 heterocycles. The third-order valence-electron chi connectivity index (χ3n) is 5.07. The lowest BCUT2D eigenvalue weighted by molar-refractivity contribution is -0.121. The lowest BCUT2D eigenvalue weighted by Crippen LogP contribution is -2.41. The first-order valence-corrected chi connectivity index (χ1v) is 10.3. The number of carbonyl (C=O) groups excluding carboxylic acids is 2. The number of rotatable bonds is 10. The quantitative estimate of drug-likeness (QED) is 0.621. The molecule has 0 bridgehead atoms. The van der Waals surface area contributed by atoms with Gasteiger partial charge < -0.3 is 20.5 Å². The fourth-order valence-electron chi connectivity index (χ4n) is 3.35. The first-order valence-electron chi connectivity index (χ1n) is 10.3. The Labute approximate surface area is 177 Å². The van der Waals surface area contributed by atoms with E-state index in [2.05, 4.69) is 10.2 Å². The minimum Gasteiger partial charge on any atom is -0.489 e. The first-order chi connectivity index (χ1) is 14.6. The van der Waals surface area contributed by atoms with Crippen molar-refractivity contribution in [1.82, 2.24) is 10.2 Å². The second-order valence-electron chi connectivity index (χ2n) is 7.26. The zero-order valence-corrected chi connectivity index (χ0v) is 17.1. The third-order valence-corrected chi connectivity index (χ3v) is 5.07. The van der Waals surface area contributed by atoms with Crippen molar-refractivity contribution in [1.29, 1.82) is 0 Å². The first kappa shape index (κ1) is 21.8. The number of carbonyl (C=O) groups is 2. The number of ether oxygens (including phenoxy) is 2. The summed E-state index contributed by atoms with van der Waals surface area (Å²) in [6, 6.07) is 15.1. The molecular weight excluding hydrogens is 382 g/mol. The zero-order chi connectivity index (χ0) is 21.2. The summed E-state index contributed by atoms with van der Waals surface area (Å²) in [6.45, 7) is 5.11. The monoisotopic (exact) mass is 411 g/mol. The second-order valence-corrected chi connectivity index (χ2v) is 7.26. The Bertz CT molecular complexity index is 836. The van der Waals surface area contributed by atoms with Crippen LogP contribution < -0.4 is 15.8 Å². The number of nitrogens with zero attached hydrogens (tertiary/aromatic N) is 1. The number of aryl methyl sites for hydroxylation is 1. The van der Waals surface area contributed by atoms with Crippen LogP contribution in [0.5, 0.6) is 5.75 Å². The van der Waals surface area contributed by atoms with E-state index in [-0.39, 0.29) is 5.91 Å². The number of nitrogens with two attached hydrogens (primary N) is 1. The number of amides is 2. The molecular formula is C23H29N3O4. The summed E-state index contributed by atoms with van der Waals surface area (Å²) in [5, 5.41) is 2.94. The predicted octanol–water partition coefficient (Wildman–Crippen LogP) is 1.75. The fourth-order valence-corrected chi connectivity index (χ4v) is 3.35. The van der Waals surface area contributed by atoms with Crippen molar-refractivity contribution in [3.63, 3.8) is 0 Å². The Balaban J connectivity index is 1.48. The summed E-state index contributed by atoms with van der Waals surface area (Å²) in [5.74, 6) is 0.0114. The number of nitrogens with one attached hydrogen (secondary N) is 1. The van der Waals surface area contributed by atoms with Crippen molar-refractivity contribution in [3.05, 3.63) is 65.2 Å². The van der Waals surface area contributed by atoms with Gasteiger partial charge in [-0.3, -0.25) is 14.5 Å². The SMILES string of the molecule is NC(=O)c1cc(OCc2ccccc2)ccc1CCC(=O)NCCN1CCOCC1. The van der Waals surface area contributed by atoms with Crippen molar-refractivity contribution >= 4 is 11.8 Å². The van der Waals surface area contributed by atoms with Crippen LogP contribution in [0.15, 0.2) is 48.5 Å². The minimum absolute atomic E-state index is 0.0388. The maximum Gasteiger partial charge on any atom is 0.249 e. The highest BCUT2D eigenvalue weighted by atomic mass is 16.5. The Morgan fingerprint density at radius 3 is 2.60 bits per heavy atom. The molecule has 0 unspecified atom stereocenters. The lowest BCUT2D eigenvalue weighted by Gasteiger charge is -2.26. The molecule has 1 aliphatic heterocycles. The van der Waals surface area contributed by atoms with Gasteiger partial charge >= 0.3 is 0 Å². The van der Waals surface area contributed by atoms with Gasteiger partial charge in [0.05, 0.1) is 13.2 Å². The van der Waals surface area contributed by atoms with Crippen LogP contribution in [0.3, 0.4) is 0 Å². The van der Waals surface area contributed by atoms with Gasteiger partial charge in [-0.1, -0.05) is 36.4 Å². The molecule has 7 nitrogen and oxygen atoms in total. The molecule has 3 N–H and O–H groups in total. The number of primary amides is 1. The third kappa shape index (κ3) is 6.86. The van der Waals surface area contributed by atoms with E-state index in [1.165, 1.54) is 0 Å². The van der Waals surface area contributed by atoms with E-state index in [0.29, 0.717) is 37.3 Å². The molecule has 1 saturated heterocycles. The van der Waals surface area contributed by atoms with E-state index >= 15 is 0 Å². The summed E-state index contributed by atoms with van der Waals surface area (Å²) < 4.78 is 11.1. The number of benzene rings is 2. The molecule has 30 heavy (non-hydrogen) atoms. The van der Waals surface area contributed by atoms with Gasteiger partial charge in [0.25, 0.3) is 0 Å². The summed E-state index contributed by atoms with van der Waals surface area (Å²) in [7, 11) is 0. The smallest absolute Gasteiger partial charge is 0.249 e. The van der Waals surface area contributed by atoms with E-state index < -0.39 is 5.91 Å². The Morgan fingerprint density at radius 1 is 1.10 bits per heavy atom. The van der Waals surface area contributed by atoms with Crippen molar-refractivity contribution in [3.8, 4) is 5.75 Å². The molecule has 0 atom stereocenters. The topological polar surface area (TPSA) is 93.9 Å². The van der Waals surface area contributed by atoms with Crippen molar-refractivity contribution in [2.45, 2.75) is 19.4 Å². The fraction of sp³-hybridized carbons (Fsp3) is 0.391. The molecule has 160 valence electrons. The van der Waals surface area contributed by atoms with E-state index in [1.807, 2.05) is 30.3 Å². The number of morpholine rings is 1. The van der Waals surface area contributed by atoms with Crippen LogP contribution >= 0.6 is 0 Å². The van der Waals surface area contributed by atoms with Gasteiger partial charge in [-0.05, 0) is 29.7 Å². The van der Waals surface area contributed by atoms with Crippen LogP contribution in [0.4, 0.5) is 0 Å². The van der Waals surface area contributed by atoms with E-state index in [9.17, 15) is 9.59 Å². The highest BCUT2D eigenvalue weighted by molar-refractivity contribution is 5.95. The molecule has 0 saturated carbocycles. The van der Waals surface area contributed by atoms with Gasteiger partial charge in [-0.25, -0.2) is 0 Å². The van der Waals surface area contributed by atoms with Crippen molar-refractivity contribution in [2.24, 2.45) is 5.73 Å². The summed E-state index contributed by atoms with van der Waals surface area (Å²) in [4.78, 5) is 26.3. The molecule has 3 rings (SSSR count). The lowest BCUT2D eigenvalue weighted by atomic mass is 10.0. The van der Waals surface area contributed by atoms with Gasteiger partial charge in [0, 0.05) is 38.2 Å². The van der Waals surface area contributed by atoms with Gasteiger partial charge in [-0.2, -0.15) is 0 Å². The maximum atomic E-state index is 12.2. The molecule has 1 aliphatic rings. The van der Waals surface area contributed by atoms with Gasteiger partial charge in [-0.15, -0.1) is 0 Å². The summed E-state index contributed by atoms with van der Waals surface area (Å²) >= 11 is 0. The van der Waals surface area contributed by atoms with Gasteiger partial charge in [0.1, 0.15) is 12.4 Å². The van der Waals surface area contributed by atoms with Crippen LogP contribution in [0.2, 0.25) is 0 Å². The highest BCUT2D eigenvalue weighted by Crippen LogP contribution is 2.20. The van der Waals surface area contributed by atoms with Crippen molar-refractivity contribution < 1.29 is 19.1 Å². The Morgan fingerprint density at radius 2 is 1.87 bits per heavy atom. The van der Waals surface area contributed by atoms with E-state index in [4.69, 9.17) is 15.2 Å².